The molecule has 1 aliphatic rings. The number of ether oxygens (including phenoxy) is 1. The Balaban J connectivity index is 1.38. The molecule has 4 heterocycles. The zero-order valence-corrected chi connectivity index (χ0v) is 25.2. The Labute approximate surface area is 259 Å². The minimum absolute atomic E-state index is 0.196. The molecule has 0 spiro atoms. The lowest BCUT2D eigenvalue weighted by Crippen LogP contribution is -2.29. The molecule has 10 heteroatoms. The van der Waals surface area contributed by atoms with Crippen molar-refractivity contribution in [1.29, 1.82) is 0 Å². The summed E-state index contributed by atoms with van der Waals surface area (Å²) in [5.41, 5.74) is 10.1. The summed E-state index contributed by atoms with van der Waals surface area (Å²) in [7, 11) is 1.47. The second kappa shape index (κ2) is 11.8. The van der Waals surface area contributed by atoms with Crippen molar-refractivity contribution in [3.05, 3.63) is 101 Å². The van der Waals surface area contributed by atoms with Gasteiger partial charge in [-0.3, -0.25) is 4.90 Å². The van der Waals surface area contributed by atoms with Gasteiger partial charge in [0.05, 0.1) is 17.9 Å². The highest BCUT2D eigenvalue weighted by Crippen LogP contribution is 2.39. The number of halogens is 1. The fourth-order valence-corrected chi connectivity index (χ4v) is 6.36. The van der Waals surface area contributed by atoms with E-state index in [0.29, 0.717) is 39.2 Å². The summed E-state index contributed by atoms with van der Waals surface area (Å²) in [6.07, 6.45) is 5.13. The summed E-state index contributed by atoms with van der Waals surface area (Å²) in [6, 6.07) is 19.6. The summed E-state index contributed by atoms with van der Waals surface area (Å²) in [6.45, 7) is 5.03. The monoisotopic (exact) mass is 604 g/mol. The van der Waals surface area contributed by atoms with Gasteiger partial charge in [-0.25, -0.2) is 23.8 Å². The number of methoxy groups -OCH3 is 1. The third-order valence-electron chi connectivity index (χ3n) is 8.61. The number of nitrogens with two attached hydrogens (primary N) is 1. The van der Waals surface area contributed by atoms with Gasteiger partial charge in [-0.05, 0) is 62.2 Å². The molecule has 0 saturated carbocycles. The van der Waals surface area contributed by atoms with E-state index in [2.05, 4.69) is 39.1 Å². The molecule has 6 aromatic rings. The normalized spacial score (nSPS) is 14.6. The topological polar surface area (TPSA) is 112 Å². The van der Waals surface area contributed by atoms with Gasteiger partial charge in [0, 0.05) is 29.1 Å². The number of piperidine rings is 1. The number of anilines is 1. The highest BCUT2D eigenvalue weighted by molar-refractivity contribution is 5.99. The quantitative estimate of drug-likeness (QED) is 0.217. The van der Waals surface area contributed by atoms with E-state index in [9.17, 15) is 9.18 Å². The lowest BCUT2D eigenvalue weighted by Gasteiger charge is -2.26. The van der Waals surface area contributed by atoms with E-state index in [-0.39, 0.29) is 5.82 Å². The third kappa shape index (κ3) is 5.31. The van der Waals surface area contributed by atoms with Gasteiger partial charge in [0.1, 0.15) is 41.2 Å². The predicted molar refractivity (Wildman–Crippen MR) is 173 cm³/mol. The van der Waals surface area contributed by atoms with Crippen molar-refractivity contribution in [3.8, 4) is 28.1 Å². The zero-order valence-electron chi connectivity index (χ0n) is 25.2. The standard InChI is InChI=1S/C35H33FN6O3/c1-21(42-34-30(33(37)38-20-39-34)31(40-42)24-16-25(36)18-26(17-24)44-2)32-29(27-8-4-5-9-28(27)35(43)45-32)23-12-10-22(11-13-23)19-41-14-6-3-7-15-41/h4-5,8-13,16-18,20-21H,3,6-7,14-15,19H2,1-2H3,(H2,37,38,39). The summed E-state index contributed by atoms with van der Waals surface area (Å²) < 4.78 is 27.7. The van der Waals surface area contributed by atoms with Crippen molar-refractivity contribution in [1.82, 2.24) is 24.6 Å². The molecule has 0 radical (unpaired) electrons. The van der Waals surface area contributed by atoms with Crippen molar-refractivity contribution in [2.75, 3.05) is 25.9 Å². The van der Waals surface area contributed by atoms with Crippen LogP contribution in [0.15, 0.2) is 82.3 Å². The van der Waals surface area contributed by atoms with Crippen molar-refractivity contribution in [2.45, 2.75) is 38.8 Å². The summed E-state index contributed by atoms with van der Waals surface area (Å²) in [4.78, 5) is 24.5. The van der Waals surface area contributed by atoms with E-state index in [1.54, 1.807) is 16.8 Å². The minimum atomic E-state index is -0.605. The molecule has 1 fully saturated rings. The van der Waals surface area contributed by atoms with E-state index in [1.165, 1.54) is 50.4 Å². The molecule has 0 aliphatic carbocycles. The number of benzene rings is 3. The average Bonchev–Trinajstić information content (AvgIpc) is 3.46. The van der Waals surface area contributed by atoms with E-state index < -0.39 is 17.5 Å². The molecular weight excluding hydrogens is 571 g/mol. The molecule has 7 rings (SSSR count). The van der Waals surface area contributed by atoms with Crippen molar-refractivity contribution < 1.29 is 13.5 Å². The third-order valence-corrected chi connectivity index (χ3v) is 8.61. The van der Waals surface area contributed by atoms with Crippen LogP contribution in [0.1, 0.15) is 43.6 Å². The summed E-state index contributed by atoms with van der Waals surface area (Å²) >= 11 is 0. The second-order valence-corrected chi connectivity index (χ2v) is 11.5. The van der Waals surface area contributed by atoms with Gasteiger partial charge >= 0.3 is 5.63 Å². The SMILES string of the molecule is COc1cc(F)cc(-c2nn(C(C)c3oc(=O)c4ccccc4c3-c3ccc(CN4CCCCC4)cc3)c3ncnc(N)c23)c1. The van der Waals surface area contributed by atoms with Crippen molar-refractivity contribution in [2.24, 2.45) is 0 Å². The van der Waals surface area contributed by atoms with Gasteiger partial charge in [0.2, 0.25) is 0 Å². The van der Waals surface area contributed by atoms with Crippen LogP contribution < -0.4 is 16.1 Å². The number of fused-ring (bicyclic) bond motifs is 2. The molecule has 3 aromatic heterocycles. The Bertz CT molecular complexity index is 2080. The molecule has 0 amide bonds. The number of hydrogen-bond acceptors (Lipinski definition) is 8. The molecule has 3 aromatic carbocycles. The summed E-state index contributed by atoms with van der Waals surface area (Å²) in [5.74, 6) is 0.471. The maximum Gasteiger partial charge on any atom is 0.343 e. The van der Waals surface area contributed by atoms with Crippen LogP contribution in [0.3, 0.4) is 0 Å². The first-order chi connectivity index (χ1) is 21.9. The number of rotatable bonds is 7. The molecule has 9 nitrogen and oxygen atoms in total. The summed E-state index contributed by atoms with van der Waals surface area (Å²) in [5, 5.41) is 6.61. The first-order valence-electron chi connectivity index (χ1n) is 15.1. The van der Waals surface area contributed by atoms with Crippen LogP contribution in [0.2, 0.25) is 0 Å². The predicted octanol–water partition coefficient (Wildman–Crippen LogP) is 6.59. The molecule has 45 heavy (non-hydrogen) atoms. The Morgan fingerprint density at radius 3 is 2.49 bits per heavy atom. The number of aromatic nitrogens is 4. The number of hydrogen-bond donors (Lipinski definition) is 1. The average molecular weight is 605 g/mol. The van der Waals surface area contributed by atoms with Gasteiger partial charge < -0.3 is 14.9 Å². The Morgan fingerprint density at radius 2 is 1.73 bits per heavy atom. The first kappa shape index (κ1) is 28.7. The van der Waals surface area contributed by atoms with Crippen LogP contribution >= 0.6 is 0 Å². The largest absolute Gasteiger partial charge is 0.497 e. The van der Waals surface area contributed by atoms with E-state index in [1.807, 2.05) is 25.1 Å². The Kier molecular flexibility index (Phi) is 7.50. The maximum absolute atomic E-state index is 14.6. The highest BCUT2D eigenvalue weighted by Gasteiger charge is 2.27. The maximum atomic E-state index is 14.6. The second-order valence-electron chi connectivity index (χ2n) is 11.5. The van der Waals surface area contributed by atoms with Gasteiger partial charge in [0.15, 0.2) is 5.65 Å². The molecule has 228 valence electrons. The fraction of sp³-hybridized carbons (Fsp3) is 0.257. The molecule has 1 atom stereocenters. The molecular formula is C35H33FN6O3. The minimum Gasteiger partial charge on any atom is -0.497 e. The van der Waals surface area contributed by atoms with Crippen LogP contribution in [0.5, 0.6) is 5.75 Å². The van der Waals surface area contributed by atoms with E-state index in [4.69, 9.17) is 20.0 Å². The van der Waals surface area contributed by atoms with Gasteiger partial charge in [-0.1, -0.05) is 48.9 Å². The number of nitrogens with zero attached hydrogens (tertiary/aromatic N) is 5. The lowest BCUT2D eigenvalue weighted by molar-refractivity contribution is 0.221. The van der Waals surface area contributed by atoms with Crippen LogP contribution in [-0.4, -0.2) is 44.8 Å². The van der Waals surface area contributed by atoms with Crippen LogP contribution in [0.25, 0.3) is 44.2 Å². The van der Waals surface area contributed by atoms with Crippen molar-refractivity contribution >= 4 is 27.6 Å². The lowest BCUT2D eigenvalue weighted by atomic mass is 9.95. The Morgan fingerprint density at radius 1 is 0.978 bits per heavy atom. The number of nitrogen functional groups attached to an aromatic ring is 1. The van der Waals surface area contributed by atoms with Gasteiger partial charge in [0.25, 0.3) is 0 Å². The Hall–Kier alpha value is -5.09. The molecule has 1 aliphatic heterocycles. The molecule has 1 saturated heterocycles. The highest BCUT2D eigenvalue weighted by atomic mass is 19.1. The molecule has 1 unspecified atom stereocenters. The van der Waals surface area contributed by atoms with Crippen molar-refractivity contribution in [3.63, 3.8) is 0 Å². The van der Waals surface area contributed by atoms with E-state index in [0.717, 1.165) is 36.1 Å². The van der Waals surface area contributed by atoms with Crippen LogP contribution in [0.4, 0.5) is 10.2 Å². The molecule has 2 N–H and O–H groups in total. The van der Waals surface area contributed by atoms with Crippen LogP contribution in [0, 0.1) is 5.82 Å². The fourth-order valence-electron chi connectivity index (χ4n) is 6.36. The number of likely N-dealkylation sites (tertiary alicyclic amines) is 1. The zero-order chi connectivity index (χ0) is 31.1. The smallest absolute Gasteiger partial charge is 0.343 e. The van der Waals surface area contributed by atoms with Gasteiger partial charge in [-0.2, -0.15) is 5.10 Å². The molecule has 0 bridgehead atoms. The van der Waals surface area contributed by atoms with Gasteiger partial charge in [-0.15, -0.1) is 0 Å². The van der Waals surface area contributed by atoms with Crippen LogP contribution in [-0.2, 0) is 6.54 Å². The van der Waals surface area contributed by atoms with E-state index >= 15 is 0 Å². The first-order valence-corrected chi connectivity index (χ1v) is 15.1.